The normalized spacial score (nSPS) is 11.2. The highest BCUT2D eigenvalue weighted by Gasteiger charge is 2.16. The standard InChI is InChI=1S/C28H27FN2O6/c1-35-24-15-20(16-25(36-2)27(24)37-3)14-23(21-9-11-22(29)12-10-21)28(33)30-17-19-6-4-18(5-7-19)8-13-26(32)31-34/h4-16,34H,17H2,1-3H3,(H,30,33)(H,31,32)/b13-8+,23-14+. The number of halogens is 1. The molecule has 0 fully saturated rings. The number of ether oxygens (including phenoxy) is 3. The molecule has 0 atom stereocenters. The predicted octanol–water partition coefficient (Wildman–Crippen LogP) is 4.23. The van der Waals surface area contributed by atoms with Crippen LogP contribution in [0.3, 0.4) is 0 Å². The molecule has 0 aliphatic carbocycles. The van der Waals surface area contributed by atoms with Gasteiger partial charge in [-0.05, 0) is 58.7 Å². The molecule has 0 aromatic heterocycles. The highest BCUT2D eigenvalue weighted by atomic mass is 19.1. The first-order valence-corrected chi connectivity index (χ1v) is 11.2. The van der Waals surface area contributed by atoms with Gasteiger partial charge in [-0.25, -0.2) is 9.87 Å². The van der Waals surface area contributed by atoms with Crippen LogP contribution in [0.2, 0.25) is 0 Å². The lowest BCUT2D eigenvalue weighted by molar-refractivity contribution is -0.124. The molecule has 0 aliphatic rings. The number of methoxy groups -OCH3 is 3. The van der Waals surface area contributed by atoms with Gasteiger partial charge in [0.25, 0.3) is 11.8 Å². The van der Waals surface area contributed by atoms with Gasteiger partial charge < -0.3 is 19.5 Å². The summed E-state index contributed by atoms with van der Waals surface area (Å²) in [5.41, 5.74) is 4.54. The van der Waals surface area contributed by atoms with Gasteiger partial charge in [-0.15, -0.1) is 0 Å². The topological polar surface area (TPSA) is 106 Å². The highest BCUT2D eigenvalue weighted by Crippen LogP contribution is 2.39. The third-order valence-electron chi connectivity index (χ3n) is 5.37. The Hall–Kier alpha value is -4.63. The fraction of sp³-hybridized carbons (Fsp3) is 0.143. The molecule has 2 amide bonds. The molecule has 0 aliphatic heterocycles. The van der Waals surface area contributed by atoms with Crippen LogP contribution in [0.4, 0.5) is 4.39 Å². The maximum Gasteiger partial charge on any atom is 0.267 e. The summed E-state index contributed by atoms with van der Waals surface area (Å²) in [7, 11) is 4.50. The van der Waals surface area contributed by atoms with Crippen LogP contribution in [-0.2, 0) is 16.1 Å². The average Bonchev–Trinajstić information content (AvgIpc) is 2.93. The van der Waals surface area contributed by atoms with E-state index in [-0.39, 0.29) is 12.5 Å². The molecule has 3 rings (SSSR count). The maximum atomic E-state index is 13.6. The van der Waals surface area contributed by atoms with Gasteiger partial charge in [-0.1, -0.05) is 36.4 Å². The maximum absolute atomic E-state index is 13.6. The molecule has 9 heteroatoms. The second kappa shape index (κ2) is 12.9. The zero-order valence-electron chi connectivity index (χ0n) is 20.6. The number of benzene rings is 3. The Kier molecular flexibility index (Phi) is 9.40. The Labute approximate surface area is 213 Å². The number of nitrogens with one attached hydrogen (secondary N) is 2. The second-order valence-electron chi connectivity index (χ2n) is 7.76. The minimum atomic E-state index is -0.636. The van der Waals surface area contributed by atoms with Crippen molar-refractivity contribution in [3.05, 3.63) is 94.8 Å². The fourth-order valence-electron chi connectivity index (χ4n) is 3.49. The zero-order chi connectivity index (χ0) is 26.8. The van der Waals surface area contributed by atoms with Gasteiger partial charge in [0.1, 0.15) is 5.82 Å². The molecular formula is C28H27FN2O6. The summed E-state index contributed by atoms with van der Waals surface area (Å²) in [5, 5.41) is 11.4. The molecule has 0 spiro atoms. The molecule has 0 unspecified atom stereocenters. The molecule has 0 saturated carbocycles. The second-order valence-corrected chi connectivity index (χ2v) is 7.76. The minimum absolute atomic E-state index is 0.230. The van der Waals surface area contributed by atoms with E-state index >= 15 is 0 Å². The van der Waals surface area contributed by atoms with Crippen molar-refractivity contribution in [2.24, 2.45) is 0 Å². The van der Waals surface area contributed by atoms with E-state index in [1.807, 2.05) is 0 Å². The Morgan fingerprint density at radius 1 is 0.892 bits per heavy atom. The minimum Gasteiger partial charge on any atom is -0.493 e. The number of carbonyl (C=O) groups is 2. The van der Waals surface area contributed by atoms with Crippen molar-refractivity contribution in [3.63, 3.8) is 0 Å². The molecular weight excluding hydrogens is 479 g/mol. The first-order valence-electron chi connectivity index (χ1n) is 11.2. The van der Waals surface area contributed by atoms with Gasteiger partial charge in [-0.2, -0.15) is 0 Å². The summed E-state index contributed by atoms with van der Waals surface area (Å²) in [6.07, 6.45) is 4.40. The van der Waals surface area contributed by atoms with Crippen molar-refractivity contribution in [2.45, 2.75) is 6.54 Å². The van der Waals surface area contributed by atoms with E-state index in [1.54, 1.807) is 48.6 Å². The van der Waals surface area contributed by atoms with E-state index in [4.69, 9.17) is 19.4 Å². The number of hydrogen-bond donors (Lipinski definition) is 3. The van der Waals surface area contributed by atoms with Crippen LogP contribution < -0.4 is 25.0 Å². The monoisotopic (exact) mass is 506 g/mol. The molecule has 3 N–H and O–H groups in total. The molecule has 37 heavy (non-hydrogen) atoms. The van der Waals surface area contributed by atoms with Gasteiger partial charge in [-0.3, -0.25) is 14.8 Å². The molecule has 0 heterocycles. The van der Waals surface area contributed by atoms with Gasteiger partial charge in [0.15, 0.2) is 11.5 Å². The van der Waals surface area contributed by atoms with E-state index < -0.39 is 11.7 Å². The highest BCUT2D eigenvalue weighted by molar-refractivity contribution is 6.24. The van der Waals surface area contributed by atoms with E-state index in [0.717, 1.165) is 11.1 Å². The van der Waals surface area contributed by atoms with E-state index in [0.29, 0.717) is 33.9 Å². The fourth-order valence-corrected chi connectivity index (χ4v) is 3.49. The Morgan fingerprint density at radius 3 is 2.05 bits per heavy atom. The summed E-state index contributed by atoms with van der Waals surface area (Å²) in [4.78, 5) is 24.4. The SMILES string of the molecule is COc1cc(/C=C(/C(=O)NCc2ccc(/C=C/C(=O)NO)cc2)c2ccc(F)cc2)cc(OC)c1OC. The molecule has 0 bridgehead atoms. The van der Waals surface area contributed by atoms with Crippen molar-refractivity contribution >= 4 is 29.5 Å². The Bertz CT molecular complexity index is 1280. The summed E-state index contributed by atoms with van der Waals surface area (Å²) in [6, 6.07) is 16.2. The molecule has 3 aromatic carbocycles. The number of carbonyl (C=O) groups excluding carboxylic acids is 2. The summed E-state index contributed by atoms with van der Waals surface area (Å²) in [5.74, 6) is -0.144. The van der Waals surface area contributed by atoms with Crippen LogP contribution in [0.15, 0.2) is 66.7 Å². The van der Waals surface area contributed by atoms with E-state index in [9.17, 15) is 14.0 Å². The average molecular weight is 507 g/mol. The van der Waals surface area contributed by atoms with Gasteiger partial charge in [0, 0.05) is 18.2 Å². The molecule has 3 aromatic rings. The summed E-state index contributed by atoms with van der Waals surface area (Å²) < 4.78 is 29.8. The first-order chi connectivity index (χ1) is 17.9. The van der Waals surface area contributed by atoms with Gasteiger partial charge in [0.2, 0.25) is 5.75 Å². The summed E-state index contributed by atoms with van der Waals surface area (Å²) >= 11 is 0. The van der Waals surface area contributed by atoms with Crippen LogP contribution in [0.1, 0.15) is 22.3 Å². The van der Waals surface area contributed by atoms with Crippen LogP contribution in [0, 0.1) is 5.82 Å². The molecule has 0 saturated heterocycles. The molecule has 192 valence electrons. The van der Waals surface area contributed by atoms with Crippen LogP contribution >= 0.6 is 0 Å². The molecule has 0 radical (unpaired) electrons. The predicted molar refractivity (Wildman–Crippen MR) is 138 cm³/mol. The third-order valence-corrected chi connectivity index (χ3v) is 5.37. The third kappa shape index (κ3) is 7.18. The van der Waals surface area contributed by atoms with Crippen LogP contribution in [0.5, 0.6) is 17.2 Å². The first kappa shape index (κ1) is 27.0. The lowest BCUT2D eigenvalue weighted by atomic mass is 10.0. The molecule has 8 nitrogen and oxygen atoms in total. The number of amides is 2. The van der Waals surface area contributed by atoms with Crippen LogP contribution in [-0.4, -0.2) is 38.4 Å². The quantitative estimate of drug-likeness (QED) is 0.165. The lowest BCUT2D eigenvalue weighted by Crippen LogP contribution is -2.23. The van der Waals surface area contributed by atoms with Crippen molar-refractivity contribution in [2.75, 3.05) is 21.3 Å². The Morgan fingerprint density at radius 2 is 1.51 bits per heavy atom. The smallest absolute Gasteiger partial charge is 0.267 e. The van der Waals surface area contributed by atoms with Gasteiger partial charge in [0.05, 0.1) is 21.3 Å². The van der Waals surface area contributed by atoms with Crippen LogP contribution in [0.25, 0.3) is 17.7 Å². The zero-order valence-corrected chi connectivity index (χ0v) is 20.6. The lowest BCUT2D eigenvalue weighted by Gasteiger charge is -2.14. The van der Waals surface area contributed by atoms with Crippen molar-refractivity contribution in [1.29, 1.82) is 0 Å². The van der Waals surface area contributed by atoms with E-state index in [2.05, 4.69) is 5.32 Å². The Balaban J connectivity index is 1.88. The van der Waals surface area contributed by atoms with E-state index in [1.165, 1.54) is 57.2 Å². The number of rotatable bonds is 10. The number of hydrogen-bond acceptors (Lipinski definition) is 6. The van der Waals surface area contributed by atoms with Crippen molar-refractivity contribution in [1.82, 2.24) is 10.8 Å². The summed E-state index contributed by atoms with van der Waals surface area (Å²) in [6.45, 7) is 0.230. The van der Waals surface area contributed by atoms with Crippen molar-refractivity contribution < 1.29 is 33.4 Å². The largest absolute Gasteiger partial charge is 0.493 e. The number of hydroxylamine groups is 1. The van der Waals surface area contributed by atoms with Gasteiger partial charge >= 0.3 is 0 Å². The van der Waals surface area contributed by atoms with Crippen molar-refractivity contribution in [3.8, 4) is 17.2 Å².